The average molecular weight is 367 g/mol. The molecule has 148 valence electrons. The van der Waals surface area contributed by atoms with E-state index in [1.807, 2.05) is 4.90 Å². The van der Waals surface area contributed by atoms with E-state index in [9.17, 15) is 4.79 Å². The van der Waals surface area contributed by atoms with Crippen LogP contribution in [0.25, 0.3) is 0 Å². The molecule has 9 heteroatoms. The fourth-order valence-corrected chi connectivity index (χ4v) is 3.41. The number of urea groups is 1. The number of rotatable bonds is 12. The second-order valence-electron chi connectivity index (χ2n) is 6.87. The summed E-state index contributed by atoms with van der Waals surface area (Å²) in [7, 11) is 0. The van der Waals surface area contributed by atoms with Crippen molar-refractivity contribution in [3.05, 3.63) is 0 Å². The molecule has 0 aromatic carbocycles. The van der Waals surface area contributed by atoms with E-state index in [1.54, 1.807) is 0 Å². The van der Waals surface area contributed by atoms with E-state index in [1.165, 1.54) is 0 Å². The first-order valence-corrected chi connectivity index (χ1v) is 9.70. The Morgan fingerprint density at radius 1 is 1.08 bits per heavy atom. The van der Waals surface area contributed by atoms with Crippen molar-refractivity contribution in [2.24, 2.45) is 5.73 Å². The highest BCUT2D eigenvalue weighted by molar-refractivity contribution is 5.76. The molecule has 2 fully saturated rings. The van der Waals surface area contributed by atoms with Crippen molar-refractivity contribution in [1.29, 1.82) is 5.26 Å². The third-order valence-electron chi connectivity index (χ3n) is 5.08. The second kappa shape index (κ2) is 12.0. The number of amides is 2. The van der Waals surface area contributed by atoms with Crippen LogP contribution in [-0.4, -0.2) is 124 Å². The Balaban J connectivity index is 1.57. The third-order valence-corrected chi connectivity index (χ3v) is 5.08. The number of carbonyl (C=O) groups is 1. The Morgan fingerprint density at radius 3 is 2.42 bits per heavy atom. The van der Waals surface area contributed by atoms with Gasteiger partial charge in [-0.05, 0) is 0 Å². The quantitative estimate of drug-likeness (QED) is 0.271. The van der Waals surface area contributed by atoms with Crippen molar-refractivity contribution in [2.45, 2.75) is 0 Å². The van der Waals surface area contributed by atoms with Gasteiger partial charge in [-0.3, -0.25) is 14.7 Å². The molecular formula is C17H34N8O. The molecule has 0 bridgehead atoms. The smallest absolute Gasteiger partial charge is 0.317 e. The highest BCUT2D eigenvalue weighted by Gasteiger charge is 2.22. The summed E-state index contributed by atoms with van der Waals surface area (Å²) in [5.74, 6) is 0. The number of nitriles is 1. The molecule has 0 atom stereocenters. The zero-order chi connectivity index (χ0) is 18.6. The maximum atomic E-state index is 11.6. The van der Waals surface area contributed by atoms with Crippen LogP contribution in [0.4, 0.5) is 4.79 Å². The largest absolute Gasteiger partial charge is 0.336 e. The molecule has 2 amide bonds. The SMILES string of the molecule is N#CCNCCN(CCN)CCN1CCN(CCN2CCNC2=O)CC1. The molecule has 0 radical (unpaired) electrons. The number of nitrogens with one attached hydrogen (secondary N) is 2. The van der Waals surface area contributed by atoms with Crippen molar-refractivity contribution < 1.29 is 4.79 Å². The monoisotopic (exact) mass is 366 g/mol. The average Bonchev–Trinajstić information content (AvgIpc) is 3.07. The van der Waals surface area contributed by atoms with Crippen LogP contribution >= 0.6 is 0 Å². The lowest BCUT2D eigenvalue weighted by Crippen LogP contribution is -2.50. The lowest BCUT2D eigenvalue weighted by Gasteiger charge is -2.36. The van der Waals surface area contributed by atoms with Gasteiger partial charge in [0.15, 0.2) is 0 Å². The highest BCUT2D eigenvalue weighted by atomic mass is 16.2. The first-order chi connectivity index (χ1) is 12.7. The van der Waals surface area contributed by atoms with Crippen LogP contribution in [0.3, 0.4) is 0 Å². The molecule has 0 saturated carbocycles. The summed E-state index contributed by atoms with van der Waals surface area (Å²) < 4.78 is 0. The Bertz CT molecular complexity index is 447. The molecule has 0 unspecified atom stereocenters. The van der Waals surface area contributed by atoms with E-state index in [0.29, 0.717) is 13.1 Å². The Kier molecular flexibility index (Phi) is 9.66. The van der Waals surface area contributed by atoms with Gasteiger partial charge in [0, 0.05) is 91.6 Å². The maximum absolute atomic E-state index is 11.6. The van der Waals surface area contributed by atoms with Crippen LogP contribution in [0, 0.1) is 11.3 Å². The van der Waals surface area contributed by atoms with Gasteiger partial charge in [-0.25, -0.2) is 4.79 Å². The Labute approximate surface area is 157 Å². The van der Waals surface area contributed by atoms with Crippen LogP contribution in [0.2, 0.25) is 0 Å². The minimum Gasteiger partial charge on any atom is -0.336 e. The molecule has 9 nitrogen and oxygen atoms in total. The van der Waals surface area contributed by atoms with Crippen molar-refractivity contribution in [3.8, 4) is 6.07 Å². The van der Waals surface area contributed by atoms with Gasteiger partial charge in [-0.15, -0.1) is 0 Å². The summed E-state index contributed by atoms with van der Waals surface area (Å²) in [5.41, 5.74) is 5.71. The maximum Gasteiger partial charge on any atom is 0.317 e. The van der Waals surface area contributed by atoms with Crippen molar-refractivity contribution in [2.75, 3.05) is 98.2 Å². The minimum absolute atomic E-state index is 0.0768. The first kappa shape index (κ1) is 20.9. The van der Waals surface area contributed by atoms with E-state index in [-0.39, 0.29) is 6.03 Å². The minimum atomic E-state index is 0.0768. The molecule has 2 aliphatic heterocycles. The van der Waals surface area contributed by atoms with Gasteiger partial charge in [0.05, 0.1) is 12.6 Å². The van der Waals surface area contributed by atoms with Crippen LogP contribution < -0.4 is 16.4 Å². The van der Waals surface area contributed by atoms with Crippen molar-refractivity contribution in [3.63, 3.8) is 0 Å². The predicted octanol–water partition coefficient (Wildman–Crippen LogP) is -2.00. The van der Waals surface area contributed by atoms with Crippen molar-refractivity contribution >= 4 is 6.03 Å². The van der Waals surface area contributed by atoms with Crippen LogP contribution in [0.1, 0.15) is 0 Å². The summed E-state index contributed by atoms with van der Waals surface area (Å²) in [6.45, 7) is 13.5. The summed E-state index contributed by atoms with van der Waals surface area (Å²) in [4.78, 5) is 20.8. The zero-order valence-corrected chi connectivity index (χ0v) is 15.8. The molecule has 4 N–H and O–H groups in total. The number of nitrogens with two attached hydrogens (primary N) is 1. The van der Waals surface area contributed by atoms with Gasteiger partial charge in [0.2, 0.25) is 0 Å². The third kappa shape index (κ3) is 7.43. The van der Waals surface area contributed by atoms with E-state index < -0.39 is 0 Å². The van der Waals surface area contributed by atoms with Gasteiger partial charge in [0.1, 0.15) is 0 Å². The lowest BCUT2D eigenvalue weighted by atomic mass is 10.3. The number of hydrogen-bond donors (Lipinski definition) is 3. The fraction of sp³-hybridized carbons (Fsp3) is 0.882. The van der Waals surface area contributed by atoms with Crippen LogP contribution in [0.5, 0.6) is 0 Å². The number of nitrogens with zero attached hydrogens (tertiary/aromatic N) is 5. The predicted molar refractivity (Wildman–Crippen MR) is 102 cm³/mol. The van der Waals surface area contributed by atoms with Gasteiger partial charge >= 0.3 is 6.03 Å². The molecule has 26 heavy (non-hydrogen) atoms. The van der Waals surface area contributed by atoms with Crippen LogP contribution in [0.15, 0.2) is 0 Å². The summed E-state index contributed by atoms with van der Waals surface area (Å²) in [6.07, 6.45) is 0. The fourth-order valence-electron chi connectivity index (χ4n) is 3.41. The first-order valence-electron chi connectivity index (χ1n) is 9.70. The highest BCUT2D eigenvalue weighted by Crippen LogP contribution is 2.04. The molecule has 0 spiro atoms. The molecule has 2 rings (SSSR count). The number of piperazine rings is 1. The summed E-state index contributed by atoms with van der Waals surface area (Å²) in [6, 6.07) is 2.18. The zero-order valence-electron chi connectivity index (χ0n) is 15.8. The van der Waals surface area contributed by atoms with E-state index >= 15 is 0 Å². The molecule has 0 aliphatic carbocycles. The van der Waals surface area contributed by atoms with Gasteiger partial charge in [0.25, 0.3) is 0 Å². The lowest BCUT2D eigenvalue weighted by molar-refractivity contribution is 0.113. The van der Waals surface area contributed by atoms with Gasteiger partial charge in [-0.1, -0.05) is 0 Å². The standard InChI is InChI=1S/C17H34N8O/c18-1-3-20-4-7-22(6-2-19)9-10-23-11-13-24(14-12-23)15-16-25-8-5-21-17(25)26/h20H,2-16,19H2,(H,21,26). The van der Waals surface area contributed by atoms with Gasteiger partial charge in [-0.2, -0.15) is 5.26 Å². The molecule has 2 aliphatic rings. The van der Waals surface area contributed by atoms with Gasteiger partial charge < -0.3 is 21.3 Å². The second-order valence-corrected chi connectivity index (χ2v) is 6.87. The molecule has 2 heterocycles. The summed E-state index contributed by atoms with van der Waals surface area (Å²) in [5, 5.41) is 14.5. The molecular weight excluding hydrogens is 332 g/mol. The van der Waals surface area contributed by atoms with Crippen LogP contribution in [-0.2, 0) is 0 Å². The molecule has 0 aromatic rings. The number of hydrogen-bond acceptors (Lipinski definition) is 7. The normalized spacial score (nSPS) is 19.1. The van der Waals surface area contributed by atoms with E-state index in [2.05, 4.69) is 31.4 Å². The topological polar surface area (TPSA) is 104 Å². The number of carbonyl (C=O) groups excluding carboxylic acids is 1. The van der Waals surface area contributed by atoms with E-state index in [4.69, 9.17) is 11.0 Å². The Hall–Kier alpha value is -1.44. The van der Waals surface area contributed by atoms with Crippen molar-refractivity contribution in [1.82, 2.24) is 30.2 Å². The van der Waals surface area contributed by atoms with E-state index in [0.717, 1.165) is 85.1 Å². The molecule has 0 aromatic heterocycles. The molecule has 2 saturated heterocycles. The Morgan fingerprint density at radius 2 is 1.81 bits per heavy atom. The summed E-state index contributed by atoms with van der Waals surface area (Å²) >= 11 is 0.